The second-order valence-corrected chi connectivity index (χ2v) is 8.84. The summed E-state index contributed by atoms with van der Waals surface area (Å²) in [4.78, 5) is 26.2. The van der Waals surface area contributed by atoms with Gasteiger partial charge in [-0.1, -0.05) is 0 Å². The number of fused-ring (bicyclic) bond motifs is 1. The summed E-state index contributed by atoms with van der Waals surface area (Å²) in [5.41, 5.74) is 4.91. The molecule has 0 atom stereocenters. The van der Waals surface area contributed by atoms with E-state index < -0.39 is 0 Å². The number of carbonyl (C=O) groups is 1. The highest BCUT2D eigenvalue weighted by atomic mass is 16.5. The van der Waals surface area contributed by atoms with Gasteiger partial charge in [0.15, 0.2) is 0 Å². The summed E-state index contributed by atoms with van der Waals surface area (Å²) >= 11 is 0. The molecule has 2 aliphatic rings. The maximum Gasteiger partial charge on any atom is 0.253 e. The lowest BCUT2D eigenvalue weighted by Gasteiger charge is -2.34. The van der Waals surface area contributed by atoms with Crippen LogP contribution in [0.15, 0.2) is 36.5 Å². The van der Waals surface area contributed by atoms with Gasteiger partial charge in [0.25, 0.3) is 5.91 Å². The molecule has 0 saturated carbocycles. The first kappa shape index (κ1) is 23.1. The molecule has 3 N–H and O–H groups in total. The number of methoxy groups -OCH3 is 1. The number of hydrogen-bond donors (Lipinski definition) is 3. The van der Waals surface area contributed by atoms with Crippen LogP contribution in [0.5, 0.6) is 5.75 Å². The molecule has 1 fully saturated rings. The number of aliphatic hydroxyl groups excluding tert-OH is 1. The Balaban J connectivity index is 1.46. The largest absolute Gasteiger partial charge is 0.495 e. The topological polar surface area (TPSA) is 108 Å². The van der Waals surface area contributed by atoms with E-state index in [-0.39, 0.29) is 12.5 Å². The van der Waals surface area contributed by atoms with Crippen LogP contribution in [0.4, 0.5) is 17.3 Å². The highest BCUT2D eigenvalue weighted by molar-refractivity contribution is 5.98. The van der Waals surface area contributed by atoms with Gasteiger partial charge in [-0.25, -0.2) is 9.97 Å². The summed E-state index contributed by atoms with van der Waals surface area (Å²) in [6, 6.07) is 9.76. The molecule has 184 valence electrons. The summed E-state index contributed by atoms with van der Waals surface area (Å²) in [7, 11) is 3.78. The van der Waals surface area contributed by atoms with Gasteiger partial charge in [-0.05, 0) is 37.4 Å². The summed E-state index contributed by atoms with van der Waals surface area (Å²) in [5, 5.41) is 15.8. The SMILES string of the molecule is COc1ccc(N2CCN(C)CC2)cc1Nc1nccc(-c2cc3c(n2CCO)CCNC3=O)n1. The van der Waals surface area contributed by atoms with E-state index in [1.165, 1.54) is 0 Å². The van der Waals surface area contributed by atoms with Gasteiger partial charge in [0, 0.05) is 63.3 Å². The van der Waals surface area contributed by atoms with Crippen LogP contribution in [0.2, 0.25) is 0 Å². The van der Waals surface area contributed by atoms with Crippen LogP contribution in [0, 0.1) is 0 Å². The first-order chi connectivity index (χ1) is 17.1. The number of likely N-dealkylation sites (N-methyl/N-ethyl adjacent to an activating group) is 1. The lowest BCUT2D eigenvalue weighted by molar-refractivity contribution is 0.0945. The zero-order chi connectivity index (χ0) is 24.4. The Morgan fingerprint density at radius 1 is 1.17 bits per heavy atom. The molecule has 35 heavy (non-hydrogen) atoms. The lowest BCUT2D eigenvalue weighted by Crippen LogP contribution is -2.44. The van der Waals surface area contributed by atoms with Gasteiger partial charge in [-0.2, -0.15) is 0 Å². The number of nitrogens with zero attached hydrogens (tertiary/aromatic N) is 5. The Bertz CT molecular complexity index is 1220. The molecule has 1 saturated heterocycles. The number of nitrogens with one attached hydrogen (secondary N) is 2. The third-order valence-electron chi connectivity index (χ3n) is 6.64. The van der Waals surface area contributed by atoms with Crippen LogP contribution >= 0.6 is 0 Å². The van der Waals surface area contributed by atoms with Crippen molar-refractivity contribution in [2.45, 2.75) is 13.0 Å². The number of rotatable bonds is 7. The molecule has 0 radical (unpaired) electrons. The molecule has 10 heteroatoms. The van der Waals surface area contributed by atoms with Gasteiger partial charge < -0.3 is 34.8 Å². The van der Waals surface area contributed by atoms with Gasteiger partial charge >= 0.3 is 0 Å². The predicted molar refractivity (Wildman–Crippen MR) is 135 cm³/mol. The Labute approximate surface area is 204 Å². The number of aromatic nitrogens is 3. The molecule has 5 rings (SSSR count). The second kappa shape index (κ2) is 9.93. The fourth-order valence-corrected chi connectivity index (χ4v) is 4.75. The number of ether oxygens (including phenoxy) is 1. The molecule has 1 amide bonds. The van der Waals surface area contributed by atoms with E-state index >= 15 is 0 Å². The van der Waals surface area contributed by atoms with E-state index in [9.17, 15) is 9.90 Å². The molecule has 2 aliphatic heterocycles. The smallest absolute Gasteiger partial charge is 0.253 e. The van der Waals surface area contributed by atoms with Gasteiger partial charge in [-0.15, -0.1) is 0 Å². The van der Waals surface area contributed by atoms with Crippen molar-refractivity contribution in [3.63, 3.8) is 0 Å². The fraction of sp³-hybridized carbons (Fsp3) is 0.400. The van der Waals surface area contributed by atoms with Crippen LogP contribution < -0.4 is 20.3 Å². The minimum Gasteiger partial charge on any atom is -0.495 e. The number of piperazine rings is 1. The Morgan fingerprint density at radius 2 is 2.00 bits per heavy atom. The summed E-state index contributed by atoms with van der Waals surface area (Å²) in [6.45, 7) is 4.93. The maximum absolute atomic E-state index is 12.4. The number of carbonyl (C=O) groups excluding carboxylic acids is 1. The van der Waals surface area contributed by atoms with Crippen molar-refractivity contribution in [3.8, 4) is 17.1 Å². The first-order valence-corrected chi connectivity index (χ1v) is 11.9. The molecule has 0 unspecified atom stereocenters. The number of hydrogen-bond acceptors (Lipinski definition) is 8. The highest BCUT2D eigenvalue weighted by Gasteiger charge is 2.25. The molecular weight excluding hydrogens is 446 g/mol. The number of aliphatic hydroxyl groups is 1. The van der Waals surface area contributed by atoms with E-state index in [4.69, 9.17) is 9.72 Å². The third kappa shape index (κ3) is 4.67. The van der Waals surface area contributed by atoms with Crippen molar-refractivity contribution in [3.05, 3.63) is 47.8 Å². The van der Waals surface area contributed by atoms with E-state index in [1.54, 1.807) is 13.3 Å². The number of benzene rings is 1. The monoisotopic (exact) mass is 477 g/mol. The molecule has 4 heterocycles. The minimum absolute atomic E-state index is 0.0256. The highest BCUT2D eigenvalue weighted by Crippen LogP contribution is 2.33. The average molecular weight is 478 g/mol. The van der Waals surface area contributed by atoms with Crippen molar-refractivity contribution in [2.75, 3.05) is 63.7 Å². The zero-order valence-corrected chi connectivity index (χ0v) is 20.1. The molecule has 0 spiro atoms. The van der Waals surface area contributed by atoms with Crippen molar-refractivity contribution in [1.29, 1.82) is 0 Å². The fourth-order valence-electron chi connectivity index (χ4n) is 4.75. The molecular formula is C25H31N7O3. The Kier molecular flexibility index (Phi) is 6.56. The van der Waals surface area contributed by atoms with Crippen LogP contribution in [-0.4, -0.2) is 83.9 Å². The van der Waals surface area contributed by atoms with Crippen LogP contribution in [0.3, 0.4) is 0 Å². The van der Waals surface area contributed by atoms with Crippen LogP contribution in [-0.2, 0) is 13.0 Å². The van der Waals surface area contributed by atoms with Crippen LogP contribution in [0.1, 0.15) is 16.1 Å². The van der Waals surface area contributed by atoms with Crippen molar-refractivity contribution < 1.29 is 14.6 Å². The maximum atomic E-state index is 12.4. The Hall–Kier alpha value is -3.63. The zero-order valence-electron chi connectivity index (χ0n) is 20.1. The molecule has 2 aromatic heterocycles. The molecule has 0 bridgehead atoms. The van der Waals surface area contributed by atoms with Crippen LogP contribution in [0.25, 0.3) is 11.4 Å². The van der Waals surface area contributed by atoms with Gasteiger partial charge in [-0.3, -0.25) is 4.79 Å². The Morgan fingerprint density at radius 3 is 2.77 bits per heavy atom. The first-order valence-electron chi connectivity index (χ1n) is 11.9. The number of amides is 1. The second-order valence-electron chi connectivity index (χ2n) is 8.84. The van der Waals surface area contributed by atoms with Gasteiger partial charge in [0.1, 0.15) is 5.75 Å². The summed E-state index contributed by atoms with van der Waals surface area (Å²) in [5.74, 6) is 1.03. The van der Waals surface area contributed by atoms with Crippen molar-refractivity contribution in [2.24, 2.45) is 0 Å². The predicted octanol–water partition coefficient (Wildman–Crippen LogP) is 1.73. The molecule has 0 aliphatic carbocycles. The summed E-state index contributed by atoms with van der Waals surface area (Å²) < 4.78 is 7.57. The average Bonchev–Trinajstić information content (AvgIpc) is 3.25. The van der Waals surface area contributed by atoms with Crippen molar-refractivity contribution >= 4 is 23.2 Å². The molecule has 1 aromatic carbocycles. The number of anilines is 3. The minimum atomic E-state index is -0.0953. The van der Waals surface area contributed by atoms with E-state index in [0.717, 1.165) is 48.9 Å². The standard InChI is InChI=1S/C25H31N7O3/c1-30-9-11-31(12-10-30)17-3-4-23(35-2)20(15-17)29-25-27-7-5-19(28-25)22-16-18-21(32(22)13-14-33)6-8-26-24(18)34/h3-5,7,15-16,33H,6,8-14H2,1-2H3,(H,26,34)(H,27,28,29). The lowest BCUT2D eigenvalue weighted by atomic mass is 10.1. The van der Waals surface area contributed by atoms with Gasteiger partial charge in [0.2, 0.25) is 5.95 Å². The van der Waals surface area contributed by atoms with E-state index in [2.05, 4.69) is 44.6 Å². The quantitative estimate of drug-likeness (QED) is 0.472. The molecule has 10 nitrogen and oxygen atoms in total. The normalized spacial score (nSPS) is 16.1. The van der Waals surface area contributed by atoms with Crippen molar-refractivity contribution in [1.82, 2.24) is 24.8 Å². The van der Waals surface area contributed by atoms with Gasteiger partial charge in [0.05, 0.1) is 36.4 Å². The molecule has 3 aromatic rings. The third-order valence-corrected chi connectivity index (χ3v) is 6.64. The van der Waals surface area contributed by atoms with E-state index in [1.807, 2.05) is 22.8 Å². The summed E-state index contributed by atoms with van der Waals surface area (Å²) in [6.07, 6.45) is 2.41. The van der Waals surface area contributed by atoms with E-state index in [0.29, 0.717) is 42.5 Å².